The third kappa shape index (κ3) is 3.22. The molecule has 130 valence electrons. The van der Waals surface area contributed by atoms with Gasteiger partial charge in [-0.1, -0.05) is 18.2 Å². The van der Waals surface area contributed by atoms with E-state index >= 15 is 0 Å². The van der Waals surface area contributed by atoms with Gasteiger partial charge >= 0.3 is 0 Å². The number of hydrogen-bond donors (Lipinski definition) is 1. The lowest BCUT2D eigenvalue weighted by molar-refractivity contribution is -0.119. The van der Waals surface area contributed by atoms with E-state index in [1.807, 2.05) is 6.07 Å². The van der Waals surface area contributed by atoms with E-state index in [2.05, 4.69) is 5.32 Å². The molecule has 25 heavy (non-hydrogen) atoms. The standard InChI is InChI=1S/C20H21NO4/c1-12(22)21-17-9-7-13-8-10-18(24-2)20(25-3)19(13)15-6-4-5-14(23)11-16(15)17/h4-6,8,10-11,17H,7,9H2,1-3H3,(H,21,22)/t17-/m1/s1/i2T,3T,17T. The van der Waals surface area contributed by atoms with Gasteiger partial charge in [0.2, 0.25) is 5.91 Å². The summed E-state index contributed by atoms with van der Waals surface area (Å²) in [5, 5.41) is 2.67. The van der Waals surface area contributed by atoms with Gasteiger partial charge in [-0.25, -0.2) is 0 Å². The molecule has 3 rings (SSSR count). The summed E-state index contributed by atoms with van der Waals surface area (Å²) in [5.41, 5.74) is 2.09. The molecule has 0 fully saturated rings. The molecule has 0 saturated carbocycles. The molecule has 5 heteroatoms. The Balaban J connectivity index is 2.37. The van der Waals surface area contributed by atoms with Crippen LogP contribution in [0.2, 0.25) is 0 Å². The van der Waals surface area contributed by atoms with Crippen LogP contribution in [-0.2, 0) is 11.2 Å². The molecule has 0 unspecified atom stereocenters. The van der Waals surface area contributed by atoms with E-state index in [1.165, 1.54) is 19.1 Å². The molecule has 0 heterocycles. The Morgan fingerprint density at radius 2 is 2.12 bits per heavy atom. The van der Waals surface area contributed by atoms with E-state index in [0.29, 0.717) is 34.6 Å². The highest BCUT2D eigenvalue weighted by molar-refractivity contribution is 5.81. The number of rotatable bonds is 3. The van der Waals surface area contributed by atoms with E-state index in [0.717, 1.165) is 5.56 Å². The van der Waals surface area contributed by atoms with Gasteiger partial charge in [0.1, 0.15) is 0 Å². The first-order valence-electron chi connectivity index (χ1n) is 9.75. The van der Waals surface area contributed by atoms with Crippen LogP contribution in [0.3, 0.4) is 0 Å². The van der Waals surface area contributed by atoms with Crippen molar-refractivity contribution in [2.75, 3.05) is 14.2 Å². The van der Waals surface area contributed by atoms with Crippen LogP contribution < -0.4 is 20.2 Å². The minimum Gasteiger partial charge on any atom is -0.493 e. The van der Waals surface area contributed by atoms with Crippen LogP contribution in [0.4, 0.5) is 0 Å². The Hall–Kier alpha value is -2.82. The predicted molar refractivity (Wildman–Crippen MR) is 96.1 cm³/mol. The van der Waals surface area contributed by atoms with Crippen LogP contribution in [-0.4, -0.2) is 20.1 Å². The summed E-state index contributed by atoms with van der Waals surface area (Å²) >= 11 is 0. The predicted octanol–water partition coefficient (Wildman–Crippen LogP) is 2.85. The van der Waals surface area contributed by atoms with Gasteiger partial charge in [0.15, 0.2) is 16.9 Å². The Morgan fingerprint density at radius 3 is 2.88 bits per heavy atom. The summed E-state index contributed by atoms with van der Waals surface area (Å²) in [7, 11) is -0.675. The molecule has 0 saturated heterocycles. The van der Waals surface area contributed by atoms with E-state index in [1.54, 1.807) is 18.2 Å². The third-order valence-corrected chi connectivity index (χ3v) is 4.17. The van der Waals surface area contributed by atoms with Crippen molar-refractivity contribution >= 4 is 5.91 Å². The minimum absolute atomic E-state index is 0.259. The van der Waals surface area contributed by atoms with Gasteiger partial charge < -0.3 is 14.8 Å². The number of benzene rings is 1. The monoisotopic (exact) mass is 345 g/mol. The van der Waals surface area contributed by atoms with Crippen LogP contribution in [0.5, 0.6) is 11.5 Å². The average molecular weight is 345 g/mol. The number of carbonyl (C=O) groups is 1. The lowest BCUT2D eigenvalue weighted by atomic mass is 9.96. The second-order valence-electron chi connectivity index (χ2n) is 5.78. The Kier molecular flexibility index (Phi) is 3.75. The van der Waals surface area contributed by atoms with E-state index in [-0.39, 0.29) is 31.9 Å². The van der Waals surface area contributed by atoms with Crippen molar-refractivity contribution < 1.29 is 18.4 Å². The Bertz CT molecular complexity index is 967. The highest BCUT2D eigenvalue weighted by Crippen LogP contribution is 2.45. The molecule has 0 aliphatic heterocycles. The zero-order valence-corrected chi connectivity index (χ0v) is 13.9. The molecule has 5 nitrogen and oxygen atoms in total. The molecule has 0 bridgehead atoms. The number of nitrogens with one attached hydrogen (secondary N) is 1. The summed E-state index contributed by atoms with van der Waals surface area (Å²) < 4.78 is 34.7. The largest absolute Gasteiger partial charge is 0.493 e. The van der Waals surface area contributed by atoms with E-state index in [4.69, 9.17) is 13.6 Å². The molecule has 0 aromatic heterocycles. The zero-order valence-electron chi connectivity index (χ0n) is 16.9. The highest BCUT2D eigenvalue weighted by atomic mass is 16.5. The fraction of sp³-hybridized carbons (Fsp3) is 0.300. The molecule has 1 aliphatic rings. The van der Waals surface area contributed by atoms with E-state index in [9.17, 15) is 9.59 Å². The van der Waals surface area contributed by atoms with E-state index < -0.39 is 6.02 Å². The summed E-state index contributed by atoms with van der Waals surface area (Å²) in [6.07, 6.45) is 0.705. The van der Waals surface area contributed by atoms with Gasteiger partial charge in [-0.15, -0.1) is 0 Å². The molecule has 1 N–H and O–H groups in total. The number of methoxy groups -OCH3 is 2. The van der Waals surface area contributed by atoms with Crippen LogP contribution in [0.15, 0.2) is 41.2 Å². The maximum absolute atomic E-state index is 12.2. The van der Waals surface area contributed by atoms with Crippen LogP contribution in [0.25, 0.3) is 11.1 Å². The summed E-state index contributed by atoms with van der Waals surface area (Å²) in [6.45, 7) is 1.34. The lowest BCUT2D eigenvalue weighted by Gasteiger charge is -2.18. The average Bonchev–Trinajstić information content (AvgIpc) is 2.88. The van der Waals surface area contributed by atoms with Gasteiger partial charge in [-0.05, 0) is 47.7 Å². The van der Waals surface area contributed by atoms with Gasteiger partial charge in [-0.3, -0.25) is 9.59 Å². The third-order valence-electron chi connectivity index (χ3n) is 4.17. The topological polar surface area (TPSA) is 64.6 Å². The van der Waals surface area contributed by atoms with Crippen molar-refractivity contribution in [1.82, 2.24) is 5.32 Å². The maximum atomic E-state index is 12.2. The van der Waals surface area contributed by atoms with Crippen LogP contribution >= 0.6 is 0 Å². The van der Waals surface area contributed by atoms with Gasteiger partial charge in [0.25, 0.3) is 0 Å². The van der Waals surface area contributed by atoms with Crippen LogP contribution in [0, 0.1) is 0 Å². The number of hydrogen-bond acceptors (Lipinski definition) is 4. The van der Waals surface area contributed by atoms with Gasteiger partial charge in [0, 0.05) is 12.5 Å². The smallest absolute Gasteiger partial charge is 0.217 e. The van der Waals surface area contributed by atoms with Gasteiger partial charge in [0.05, 0.1) is 24.3 Å². The van der Waals surface area contributed by atoms with Crippen LogP contribution in [0.1, 0.15) is 34.6 Å². The van der Waals surface area contributed by atoms with Crippen molar-refractivity contribution in [3.05, 3.63) is 57.7 Å². The first-order valence-corrected chi connectivity index (χ1v) is 7.83. The highest BCUT2D eigenvalue weighted by Gasteiger charge is 2.26. The number of carbonyl (C=O) groups excluding carboxylic acids is 1. The Labute approximate surface area is 150 Å². The van der Waals surface area contributed by atoms with Crippen molar-refractivity contribution in [3.63, 3.8) is 0 Å². The molecular formula is C20H21NO4. The molecule has 1 aliphatic carbocycles. The molecule has 1 atom stereocenters. The summed E-state index contributed by atoms with van der Waals surface area (Å²) in [6, 6.07) is 8.04. The minimum atomic E-state index is -1.49. The number of ether oxygens (including phenoxy) is 2. The lowest BCUT2D eigenvalue weighted by Crippen LogP contribution is -2.26. The fourth-order valence-corrected chi connectivity index (χ4v) is 3.17. The SMILES string of the molecule is [3H]COc1ccc2c(c1OC[3H])-c1cccc(=O)cc1[C@]([3H])(NC(C)=O)CC2. The Morgan fingerprint density at radius 1 is 1.28 bits per heavy atom. The first kappa shape index (κ1) is 13.5. The van der Waals surface area contributed by atoms with Crippen molar-refractivity contribution in [1.29, 1.82) is 0 Å². The molecule has 0 radical (unpaired) electrons. The van der Waals surface area contributed by atoms with Gasteiger partial charge in [-0.2, -0.15) is 0 Å². The zero-order chi connectivity index (χ0) is 20.3. The molecule has 2 aromatic carbocycles. The van der Waals surface area contributed by atoms with Crippen molar-refractivity contribution in [2.24, 2.45) is 0 Å². The molecular weight excluding hydrogens is 318 g/mol. The van der Waals surface area contributed by atoms with Crippen molar-refractivity contribution in [2.45, 2.75) is 25.8 Å². The molecule has 2 aromatic rings. The summed E-state index contributed by atoms with van der Waals surface area (Å²) in [5.74, 6) is 0.247. The fourth-order valence-electron chi connectivity index (χ4n) is 3.17. The first-order chi connectivity index (χ1) is 13.4. The van der Waals surface area contributed by atoms with Crippen molar-refractivity contribution in [3.8, 4) is 22.6 Å². The number of amides is 1. The second-order valence-corrected chi connectivity index (χ2v) is 5.78. The second kappa shape index (κ2) is 6.97. The summed E-state index contributed by atoms with van der Waals surface area (Å²) in [4.78, 5) is 24.0. The quantitative estimate of drug-likeness (QED) is 0.929. The molecule has 1 amide bonds. The molecule has 0 spiro atoms. The normalized spacial score (nSPS) is 20.0. The number of fused-ring (bicyclic) bond motifs is 3. The maximum Gasteiger partial charge on any atom is 0.217 e. The number of aryl methyl sites for hydroxylation is 1.